The standard InChI is InChI=1S/C17H23N3O/c1-17(2,16(18)20-21)10-11-19-12-14-8-5-7-13-6-3-4-9-15(13)14/h3-9,19,21H,10-12H2,1-2H3,(H2,18,20). The summed E-state index contributed by atoms with van der Waals surface area (Å²) in [7, 11) is 0. The Labute approximate surface area is 125 Å². The van der Waals surface area contributed by atoms with E-state index in [0.717, 1.165) is 19.5 Å². The zero-order chi connectivity index (χ0) is 15.3. The van der Waals surface area contributed by atoms with E-state index >= 15 is 0 Å². The highest BCUT2D eigenvalue weighted by molar-refractivity contribution is 5.86. The van der Waals surface area contributed by atoms with Crippen LogP contribution >= 0.6 is 0 Å². The number of hydrogen-bond acceptors (Lipinski definition) is 3. The Morgan fingerprint density at radius 3 is 2.67 bits per heavy atom. The summed E-state index contributed by atoms with van der Waals surface area (Å²) in [6.07, 6.45) is 0.813. The second-order valence-corrected chi connectivity index (χ2v) is 5.93. The van der Waals surface area contributed by atoms with Gasteiger partial charge in [0.1, 0.15) is 5.84 Å². The second-order valence-electron chi connectivity index (χ2n) is 5.93. The Hall–Kier alpha value is -2.07. The van der Waals surface area contributed by atoms with E-state index in [-0.39, 0.29) is 11.3 Å². The van der Waals surface area contributed by atoms with Gasteiger partial charge in [-0.25, -0.2) is 0 Å². The third kappa shape index (κ3) is 3.73. The average Bonchev–Trinajstić information content (AvgIpc) is 2.50. The van der Waals surface area contributed by atoms with Crippen LogP contribution in [0.1, 0.15) is 25.8 Å². The largest absolute Gasteiger partial charge is 0.409 e. The van der Waals surface area contributed by atoms with E-state index in [1.807, 2.05) is 13.8 Å². The highest BCUT2D eigenvalue weighted by Crippen LogP contribution is 2.20. The number of nitrogens with two attached hydrogens (primary N) is 1. The zero-order valence-corrected chi connectivity index (χ0v) is 12.6. The van der Waals surface area contributed by atoms with Gasteiger partial charge in [-0.05, 0) is 29.3 Å². The van der Waals surface area contributed by atoms with Gasteiger partial charge < -0.3 is 16.3 Å². The molecule has 0 amide bonds. The second kappa shape index (κ2) is 6.59. The Morgan fingerprint density at radius 2 is 1.90 bits per heavy atom. The van der Waals surface area contributed by atoms with Gasteiger partial charge in [0.25, 0.3) is 0 Å². The van der Waals surface area contributed by atoms with Gasteiger partial charge in [-0.2, -0.15) is 0 Å². The molecule has 4 heteroatoms. The van der Waals surface area contributed by atoms with Crippen LogP contribution < -0.4 is 11.1 Å². The summed E-state index contributed by atoms with van der Waals surface area (Å²) in [5.41, 5.74) is 6.67. The van der Waals surface area contributed by atoms with Crippen molar-refractivity contribution in [2.24, 2.45) is 16.3 Å². The minimum Gasteiger partial charge on any atom is -0.409 e. The first-order valence-corrected chi connectivity index (χ1v) is 7.20. The van der Waals surface area contributed by atoms with Crippen molar-refractivity contribution in [3.63, 3.8) is 0 Å². The van der Waals surface area contributed by atoms with Crippen LogP contribution in [0.4, 0.5) is 0 Å². The minimum absolute atomic E-state index is 0.273. The van der Waals surface area contributed by atoms with E-state index in [1.165, 1.54) is 16.3 Å². The maximum absolute atomic E-state index is 8.77. The molecule has 0 fully saturated rings. The summed E-state index contributed by atoms with van der Waals surface area (Å²) in [5.74, 6) is 0.273. The maximum atomic E-state index is 8.77. The Bertz CT molecular complexity index is 629. The third-order valence-corrected chi connectivity index (χ3v) is 3.92. The maximum Gasteiger partial charge on any atom is 0.144 e. The van der Waals surface area contributed by atoms with E-state index in [0.29, 0.717) is 0 Å². The molecule has 0 unspecified atom stereocenters. The van der Waals surface area contributed by atoms with Gasteiger partial charge in [-0.15, -0.1) is 0 Å². The van der Waals surface area contributed by atoms with Crippen molar-refractivity contribution in [2.45, 2.75) is 26.8 Å². The molecule has 0 atom stereocenters. The molecule has 0 saturated carbocycles. The van der Waals surface area contributed by atoms with Crippen molar-refractivity contribution in [1.29, 1.82) is 0 Å². The molecule has 0 radical (unpaired) electrons. The van der Waals surface area contributed by atoms with Crippen LogP contribution in [0.25, 0.3) is 10.8 Å². The monoisotopic (exact) mass is 285 g/mol. The van der Waals surface area contributed by atoms with Crippen LogP contribution in [0, 0.1) is 5.41 Å². The summed E-state index contributed by atoms with van der Waals surface area (Å²) >= 11 is 0. The number of nitrogens with zero attached hydrogens (tertiary/aromatic N) is 1. The van der Waals surface area contributed by atoms with Gasteiger partial charge in [-0.1, -0.05) is 61.5 Å². The van der Waals surface area contributed by atoms with Gasteiger partial charge in [0, 0.05) is 12.0 Å². The van der Waals surface area contributed by atoms with Crippen LogP contribution in [-0.2, 0) is 6.54 Å². The first kappa shape index (κ1) is 15.3. The molecule has 4 N–H and O–H groups in total. The molecule has 2 rings (SSSR count). The van der Waals surface area contributed by atoms with Crippen LogP contribution in [0.5, 0.6) is 0 Å². The van der Waals surface area contributed by atoms with Crippen molar-refractivity contribution < 1.29 is 5.21 Å². The van der Waals surface area contributed by atoms with E-state index in [2.05, 4.69) is 52.9 Å². The number of fused-ring (bicyclic) bond motifs is 1. The van der Waals surface area contributed by atoms with E-state index in [9.17, 15) is 0 Å². The molecule has 0 bridgehead atoms. The quantitative estimate of drug-likeness (QED) is 0.251. The number of amidine groups is 1. The van der Waals surface area contributed by atoms with Crippen molar-refractivity contribution in [3.8, 4) is 0 Å². The van der Waals surface area contributed by atoms with Crippen LogP contribution in [0.2, 0.25) is 0 Å². The number of nitrogens with one attached hydrogen (secondary N) is 1. The first-order chi connectivity index (χ1) is 10.0. The lowest BCUT2D eigenvalue weighted by Gasteiger charge is -2.22. The molecule has 0 aliphatic heterocycles. The van der Waals surface area contributed by atoms with Crippen LogP contribution in [0.3, 0.4) is 0 Å². The fraction of sp³-hybridized carbons (Fsp3) is 0.353. The van der Waals surface area contributed by atoms with Crippen LogP contribution in [0.15, 0.2) is 47.6 Å². The SMILES string of the molecule is CC(C)(CCNCc1cccc2ccccc12)C(N)=NO. The predicted octanol–water partition coefficient (Wildman–Crippen LogP) is 3.09. The van der Waals surface area contributed by atoms with Gasteiger partial charge in [0.15, 0.2) is 0 Å². The molecule has 0 saturated heterocycles. The van der Waals surface area contributed by atoms with Gasteiger partial charge in [0.2, 0.25) is 0 Å². The molecule has 0 aliphatic carbocycles. The predicted molar refractivity (Wildman–Crippen MR) is 87.5 cm³/mol. The fourth-order valence-electron chi connectivity index (χ4n) is 2.33. The van der Waals surface area contributed by atoms with Crippen molar-refractivity contribution in [1.82, 2.24) is 5.32 Å². The summed E-state index contributed by atoms with van der Waals surface area (Å²) in [5, 5.41) is 17.8. The lowest BCUT2D eigenvalue weighted by Crippen LogP contribution is -2.34. The zero-order valence-electron chi connectivity index (χ0n) is 12.6. The highest BCUT2D eigenvalue weighted by atomic mass is 16.4. The Balaban J connectivity index is 1.94. The van der Waals surface area contributed by atoms with Crippen molar-refractivity contribution in [2.75, 3.05) is 6.54 Å². The molecular formula is C17H23N3O. The average molecular weight is 285 g/mol. The Morgan fingerprint density at radius 1 is 1.19 bits per heavy atom. The lowest BCUT2D eigenvalue weighted by molar-refractivity contribution is 0.305. The number of hydrogen-bond donors (Lipinski definition) is 3. The topological polar surface area (TPSA) is 70.6 Å². The highest BCUT2D eigenvalue weighted by Gasteiger charge is 2.22. The molecule has 2 aromatic rings. The first-order valence-electron chi connectivity index (χ1n) is 7.20. The molecule has 0 spiro atoms. The van der Waals surface area contributed by atoms with Gasteiger partial charge in [0.05, 0.1) is 0 Å². The summed E-state index contributed by atoms with van der Waals surface area (Å²) in [6, 6.07) is 14.7. The molecule has 112 valence electrons. The molecule has 0 aliphatic rings. The molecule has 2 aromatic carbocycles. The number of rotatable bonds is 6. The molecule has 0 aromatic heterocycles. The molecular weight excluding hydrogens is 262 g/mol. The van der Waals surface area contributed by atoms with E-state index < -0.39 is 0 Å². The summed E-state index contributed by atoms with van der Waals surface area (Å²) in [4.78, 5) is 0. The number of oxime groups is 1. The van der Waals surface area contributed by atoms with Crippen LogP contribution in [-0.4, -0.2) is 17.6 Å². The Kier molecular flexibility index (Phi) is 4.81. The number of benzene rings is 2. The lowest BCUT2D eigenvalue weighted by atomic mass is 9.88. The van der Waals surface area contributed by atoms with Crippen molar-refractivity contribution in [3.05, 3.63) is 48.0 Å². The fourth-order valence-corrected chi connectivity index (χ4v) is 2.33. The van der Waals surface area contributed by atoms with Gasteiger partial charge in [-0.3, -0.25) is 0 Å². The normalized spacial score (nSPS) is 12.8. The summed E-state index contributed by atoms with van der Waals surface area (Å²) in [6.45, 7) is 5.57. The van der Waals surface area contributed by atoms with E-state index in [1.54, 1.807) is 0 Å². The molecule has 4 nitrogen and oxygen atoms in total. The molecule has 21 heavy (non-hydrogen) atoms. The molecule has 0 heterocycles. The minimum atomic E-state index is -0.305. The summed E-state index contributed by atoms with van der Waals surface area (Å²) < 4.78 is 0. The van der Waals surface area contributed by atoms with E-state index in [4.69, 9.17) is 10.9 Å². The van der Waals surface area contributed by atoms with Gasteiger partial charge >= 0.3 is 0 Å². The van der Waals surface area contributed by atoms with Crippen molar-refractivity contribution >= 4 is 16.6 Å². The third-order valence-electron chi connectivity index (χ3n) is 3.92. The smallest absolute Gasteiger partial charge is 0.144 e.